The van der Waals surface area contributed by atoms with Gasteiger partial charge < -0.3 is 15.2 Å². The van der Waals surface area contributed by atoms with E-state index in [2.05, 4.69) is 40.9 Å². The van der Waals surface area contributed by atoms with E-state index in [0.29, 0.717) is 33.9 Å². The van der Waals surface area contributed by atoms with Crippen molar-refractivity contribution >= 4 is 40.2 Å². The van der Waals surface area contributed by atoms with Crippen molar-refractivity contribution in [2.45, 2.75) is 13.5 Å². The number of rotatable bonds is 5. The summed E-state index contributed by atoms with van der Waals surface area (Å²) < 4.78 is 4.97. The second kappa shape index (κ2) is 7.44. The molecule has 0 unspecified atom stereocenters. The van der Waals surface area contributed by atoms with Crippen LogP contribution >= 0.6 is 11.3 Å². The van der Waals surface area contributed by atoms with E-state index in [-0.39, 0.29) is 5.76 Å². The van der Waals surface area contributed by atoms with Crippen LogP contribution in [0.5, 0.6) is 0 Å². The number of hydrogen-bond donors (Lipinski definition) is 2. The van der Waals surface area contributed by atoms with Crippen LogP contribution in [0.4, 0.5) is 16.8 Å². The summed E-state index contributed by atoms with van der Waals surface area (Å²) in [5, 5.41) is 19.2. The van der Waals surface area contributed by atoms with E-state index in [9.17, 15) is 4.79 Å². The topological polar surface area (TPSA) is 131 Å². The Morgan fingerprint density at radius 1 is 1.17 bits per heavy atom. The zero-order valence-electron chi connectivity index (χ0n) is 15.7. The van der Waals surface area contributed by atoms with E-state index in [1.807, 2.05) is 12.3 Å². The Kier molecular flexibility index (Phi) is 4.48. The molecule has 1 amide bonds. The highest BCUT2D eigenvalue weighted by Gasteiger charge is 2.16. The normalized spacial score (nSPS) is 12.0. The number of carbonyl (C=O) groups is 1. The SMILES string of the molecule is Cc1cnoc1C(=O)Nc1cc(-c2nnc(Nc3cc4c(cn3)CN=C4)s2)ccn1. The molecule has 30 heavy (non-hydrogen) atoms. The number of nitrogens with zero attached hydrogens (tertiary/aromatic N) is 6. The third kappa shape index (κ3) is 3.53. The minimum atomic E-state index is -0.416. The zero-order chi connectivity index (χ0) is 20.5. The van der Waals surface area contributed by atoms with Gasteiger partial charge in [-0.05, 0) is 25.1 Å². The number of amides is 1. The number of aliphatic imine (C=N–C) groups is 1. The molecule has 0 aromatic carbocycles. The summed E-state index contributed by atoms with van der Waals surface area (Å²) in [5.41, 5.74) is 3.57. The van der Waals surface area contributed by atoms with Gasteiger partial charge in [0, 0.05) is 40.9 Å². The number of pyridine rings is 2. The van der Waals surface area contributed by atoms with Crippen molar-refractivity contribution in [1.29, 1.82) is 0 Å². The fourth-order valence-electron chi connectivity index (χ4n) is 2.88. The Morgan fingerprint density at radius 3 is 2.97 bits per heavy atom. The lowest BCUT2D eigenvalue weighted by atomic mass is 10.2. The van der Waals surface area contributed by atoms with Crippen LogP contribution in [0.15, 0.2) is 46.3 Å². The molecule has 11 heteroatoms. The van der Waals surface area contributed by atoms with Crippen molar-refractivity contribution in [2.24, 2.45) is 4.99 Å². The highest BCUT2D eigenvalue weighted by molar-refractivity contribution is 7.18. The maximum atomic E-state index is 12.3. The lowest BCUT2D eigenvalue weighted by molar-refractivity contribution is 0.0986. The van der Waals surface area contributed by atoms with Crippen molar-refractivity contribution in [2.75, 3.05) is 10.6 Å². The molecule has 5 rings (SSSR count). The van der Waals surface area contributed by atoms with Crippen LogP contribution in [0, 0.1) is 6.92 Å². The van der Waals surface area contributed by atoms with Gasteiger partial charge in [0.1, 0.15) is 16.6 Å². The van der Waals surface area contributed by atoms with Crippen molar-refractivity contribution in [3.05, 3.63) is 59.2 Å². The van der Waals surface area contributed by atoms with E-state index in [4.69, 9.17) is 4.52 Å². The van der Waals surface area contributed by atoms with Crippen LogP contribution in [0.1, 0.15) is 27.2 Å². The van der Waals surface area contributed by atoms with Gasteiger partial charge in [0.15, 0.2) is 0 Å². The molecule has 10 nitrogen and oxygen atoms in total. The van der Waals surface area contributed by atoms with Gasteiger partial charge in [0.05, 0.1) is 12.7 Å². The van der Waals surface area contributed by atoms with Crippen LogP contribution < -0.4 is 10.6 Å². The van der Waals surface area contributed by atoms with Gasteiger partial charge in [0.2, 0.25) is 10.9 Å². The Bertz CT molecular complexity index is 1280. The van der Waals surface area contributed by atoms with Crippen LogP contribution in [-0.4, -0.2) is 37.4 Å². The van der Waals surface area contributed by atoms with E-state index in [1.54, 1.807) is 31.5 Å². The summed E-state index contributed by atoms with van der Waals surface area (Å²) in [7, 11) is 0. The van der Waals surface area contributed by atoms with Gasteiger partial charge in [-0.1, -0.05) is 16.5 Å². The fourth-order valence-corrected chi connectivity index (χ4v) is 3.62. The van der Waals surface area contributed by atoms with Crippen molar-refractivity contribution < 1.29 is 9.32 Å². The molecule has 1 aliphatic rings. The summed E-state index contributed by atoms with van der Waals surface area (Å²) >= 11 is 1.37. The lowest BCUT2D eigenvalue weighted by Crippen LogP contribution is -2.13. The molecule has 148 valence electrons. The number of fused-ring (bicyclic) bond motifs is 1. The number of hydrogen-bond acceptors (Lipinski definition) is 10. The standard InChI is InChI=1S/C19H14N8O2S/c1-10-6-23-29-16(10)17(28)24-14-4-11(2-3-21-14)18-26-27-19(30-18)25-15-5-12-7-20-8-13(12)9-22-15/h2-7,9H,8H2,1H3,(H,21,24,28)(H,22,25,27). The number of nitrogens with one attached hydrogen (secondary N) is 2. The van der Waals surface area contributed by atoms with E-state index >= 15 is 0 Å². The van der Waals surface area contributed by atoms with Crippen LogP contribution in [0.3, 0.4) is 0 Å². The first-order valence-electron chi connectivity index (χ1n) is 8.94. The molecule has 4 aromatic heterocycles. The smallest absolute Gasteiger partial charge is 0.295 e. The Morgan fingerprint density at radius 2 is 2.10 bits per heavy atom. The molecule has 4 aromatic rings. The maximum Gasteiger partial charge on any atom is 0.295 e. The Labute approximate surface area is 174 Å². The monoisotopic (exact) mass is 418 g/mol. The van der Waals surface area contributed by atoms with Gasteiger partial charge in [-0.3, -0.25) is 9.79 Å². The summed E-state index contributed by atoms with van der Waals surface area (Å²) in [5.74, 6) is 0.782. The highest BCUT2D eigenvalue weighted by atomic mass is 32.1. The van der Waals surface area contributed by atoms with Crippen LogP contribution in [0.25, 0.3) is 10.6 Å². The Balaban J connectivity index is 1.32. The second-order valence-electron chi connectivity index (χ2n) is 6.50. The minimum absolute atomic E-state index is 0.150. The average molecular weight is 418 g/mol. The first kappa shape index (κ1) is 18.1. The summed E-state index contributed by atoms with van der Waals surface area (Å²) in [6, 6.07) is 5.44. The van der Waals surface area contributed by atoms with Gasteiger partial charge in [-0.2, -0.15) is 0 Å². The van der Waals surface area contributed by atoms with Gasteiger partial charge >= 0.3 is 0 Å². The first-order chi connectivity index (χ1) is 14.7. The molecule has 0 saturated heterocycles. The fraction of sp³-hybridized carbons (Fsp3) is 0.105. The largest absolute Gasteiger partial charge is 0.351 e. The number of aromatic nitrogens is 5. The highest BCUT2D eigenvalue weighted by Crippen LogP contribution is 2.29. The molecule has 2 N–H and O–H groups in total. The third-order valence-electron chi connectivity index (χ3n) is 4.38. The molecule has 0 fully saturated rings. The average Bonchev–Trinajstić information content (AvgIpc) is 3.48. The summed E-state index contributed by atoms with van der Waals surface area (Å²) in [6.45, 7) is 2.41. The predicted octanol–water partition coefficient (Wildman–Crippen LogP) is 3.22. The van der Waals surface area contributed by atoms with Gasteiger partial charge in [-0.15, -0.1) is 10.2 Å². The molecule has 0 radical (unpaired) electrons. The predicted molar refractivity (Wildman–Crippen MR) is 111 cm³/mol. The molecular weight excluding hydrogens is 404 g/mol. The minimum Gasteiger partial charge on any atom is -0.351 e. The number of anilines is 3. The molecular formula is C19H14N8O2S. The van der Waals surface area contributed by atoms with Gasteiger partial charge in [-0.25, -0.2) is 9.97 Å². The molecule has 5 heterocycles. The third-order valence-corrected chi connectivity index (χ3v) is 5.27. The molecule has 1 aliphatic heterocycles. The zero-order valence-corrected chi connectivity index (χ0v) is 16.5. The van der Waals surface area contributed by atoms with Crippen molar-refractivity contribution in [1.82, 2.24) is 25.3 Å². The quantitative estimate of drug-likeness (QED) is 0.505. The number of aryl methyl sites for hydroxylation is 1. The second-order valence-corrected chi connectivity index (χ2v) is 7.47. The van der Waals surface area contributed by atoms with E-state index in [1.165, 1.54) is 17.5 Å². The first-order valence-corrected chi connectivity index (χ1v) is 9.76. The number of carbonyl (C=O) groups excluding carboxylic acids is 1. The molecule has 0 bridgehead atoms. The molecule has 0 saturated carbocycles. The van der Waals surface area contributed by atoms with Crippen LogP contribution in [-0.2, 0) is 6.54 Å². The molecule has 0 aliphatic carbocycles. The van der Waals surface area contributed by atoms with E-state index < -0.39 is 5.91 Å². The lowest BCUT2D eigenvalue weighted by Gasteiger charge is -2.04. The van der Waals surface area contributed by atoms with Crippen LogP contribution in [0.2, 0.25) is 0 Å². The Hall–Kier alpha value is -3.99. The summed E-state index contributed by atoms with van der Waals surface area (Å²) in [6.07, 6.45) is 6.72. The summed E-state index contributed by atoms with van der Waals surface area (Å²) in [4.78, 5) is 25.1. The van der Waals surface area contributed by atoms with Crippen molar-refractivity contribution in [3.8, 4) is 10.6 Å². The molecule has 0 atom stereocenters. The van der Waals surface area contributed by atoms with Gasteiger partial charge in [0.25, 0.3) is 5.91 Å². The maximum absolute atomic E-state index is 12.3. The van der Waals surface area contributed by atoms with Crippen molar-refractivity contribution in [3.63, 3.8) is 0 Å². The molecule has 0 spiro atoms. The van der Waals surface area contributed by atoms with E-state index in [0.717, 1.165) is 16.7 Å².